The summed E-state index contributed by atoms with van der Waals surface area (Å²) >= 11 is 7.65. The zero-order chi connectivity index (χ0) is 19.4. The van der Waals surface area contributed by atoms with Crippen LogP contribution < -0.4 is 5.32 Å². The van der Waals surface area contributed by atoms with E-state index >= 15 is 0 Å². The van der Waals surface area contributed by atoms with Crippen molar-refractivity contribution in [3.63, 3.8) is 0 Å². The van der Waals surface area contributed by atoms with E-state index in [1.54, 1.807) is 30.2 Å². The molecule has 0 saturated heterocycles. The van der Waals surface area contributed by atoms with Gasteiger partial charge < -0.3 is 9.88 Å². The van der Waals surface area contributed by atoms with Crippen LogP contribution in [-0.4, -0.2) is 20.7 Å². The summed E-state index contributed by atoms with van der Waals surface area (Å²) in [5.41, 5.74) is 3.39. The Balaban J connectivity index is 1.61. The molecule has 7 heteroatoms. The number of amides is 1. The molecular formula is C20H21ClN4OS. The zero-order valence-corrected chi connectivity index (χ0v) is 17.0. The van der Waals surface area contributed by atoms with Crippen LogP contribution in [0.5, 0.6) is 0 Å². The maximum atomic E-state index is 12.4. The van der Waals surface area contributed by atoms with Crippen molar-refractivity contribution in [2.75, 3.05) is 5.32 Å². The lowest BCUT2D eigenvalue weighted by molar-refractivity contribution is 0.102. The number of anilines is 1. The molecule has 140 valence electrons. The number of nitrogens with one attached hydrogen (secondary N) is 1. The fourth-order valence-corrected chi connectivity index (χ4v) is 3.63. The summed E-state index contributed by atoms with van der Waals surface area (Å²) in [7, 11) is 0. The average molecular weight is 401 g/mol. The van der Waals surface area contributed by atoms with Gasteiger partial charge >= 0.3 is 0 Å². The first-order valence-corrected chi connectivity index (χ1v) is 9.99. The minimum atomic E-state index is -0.143. The highest BCUT2D eigenvalue weighted by Gasteiger charge is 2.10. The van der Waals surface area contributed by atoms with Crippen molar-refractivity contribution in [3.05, 3.63) is 70.5 Å². The number of carbonyl (C=O) groups is 1. The predicted molar refractivity (Wildman–Crippen MR) is 111 cm³/mol. The second-order valence-corrected chi connectivity index (χ2v) is 7.87. The van der Waals surface area contributed by atoms with Crippen LogP contribution in [-0.2, 0) is 5.75 Å². The molecule has 0 aliphatic rings. The van der Waals surface area contributed by atoms with Gasteiger partial charge in [-0.25, -0.2) is 0 Å². The number of benzene rings is 2. The van der Waals surface area contributed by atoms with Gasteiger partial charge in [0.15, 0.2) is 5.16 Å². The first-order valence-electron chi connectivity index (χ1n) is 8.63. The summed E-state index contributed by atoms with van der Waals surface area (Å²) < 4.78 is 2.04. The van der Waals surface area contributed by atoms with Crippen LogP contribution in [0.1, 0.15) is 41.4 Å². The van der Waals surface area contributed by atoms with Gasteiger partial charge in [-0.2, -0.15) is 0 Å². The second kappa shape index (κ2) is 8.59. The second-order valence-electron chi connectivity index (χ2n) is 6.52. The molecule has 0 fully saturated rings. The molecule has 0 atom stereocenters. The Morgan fingerprint density at radius 3 is 2.63 bits per heavy atom. The molecule has 2 aromatic carbocycles. The van der Waals surface area contributed by atoms with Crippen molar-refractivity contribution in [2.24, 2.45) is 0 Å². The summed E-state index contributed by atoms with van der Waals surface area (Å²) in [5.74, 6) is 0.624. The van der Waals surface area contributed by atoms with Crippen LogP contribution in [0.3, 0.4) is 0 Å². The minimum absolute atomic E-state index is 0.143. The highest BCUT2D eigenvalue weighted by Crippen LogP contribution is 2.24. The largest absolute Gasteiger partial charge is 0.322 e. The van der Waals surface area contributed by atoms with Crippen LogP contribution in [0.4, 0.5) is 5.69 Å². The van der Waals surface area contributed by atoms with Gasteiger partial charge in [0.05, 0.1) is 0 Å². The van der Waals surface area contributed by atoms with Crippen molar-refractivity contribution < 1.29 is 4.79 Å². The fourth-order valence-electron chi connectivity index (χ4n) is 2.52. The number of halogens is 1. The Labute approximate surface area is 168 Å². The van der Waals surface area contributed by atoms with E-state index in [0.29, 0.717) is 16.6 Å². The molecule has 0 radical (unpaired) electrons. The monoisotopic (exact) mass is 400 g/mol. The van der Waals surface area contributed by atoms with Gasteiger partial charge in [-0.15, -0.1) is 10.2 Å². The number of thioether (sulfide) groups is 1. The maximum Gasteiger partial charge on any atom is 0.255 e. The first kappa shape index (κ1) is 19.5. The highest BCUT2D eigenvalue weighted by atomic mass is 35.5. The number of hydrogen-bond donors (Lipinski definition) is 1. The van der Waals surface area contributed by atoms with Gasteiger partial charge in [-0.3, -0.25) is 4.79 Å². The number of hydrogen-bond acceptors (Lipinski definition) is 4. The van der Waals surface area contributed by atoms with Crippen molar-refractivity contribution in [1.82, 2.24) is 14.8 Å². The van der Waals surface area contributed by atoms with Crippen LogP contribution in [0.25, 0.3) is 0 Å². The van der Waals surface area contributed by atoms with Crippen molar-refractivity contribution >= 4 is 35.0 Å². The van der Waals surface area contributed by atoms with Gasteiger partial charge in [0.1, 0.15) is 6.33 Å². The molecule has 1 aromatic heterocycles. The molecule has 0 unspecified atom stereocenters. The molecule has 0 spiro atoms. The molecule has 3 rings (SSSR count). The topological polar surface area (TPSA) is 59.8 Å². The van der Waals surface area contributed by atoms with E-state index in [2.05, 4.69) is 29.4 Å². The Bertz CT molecular complexity index is 937. The normalized spacial score (nSPS) is 11.0. The van der Waals surface area contributed by atoms with E-state index in [9.17, 15) is 4.79 Å². The molecule has 0 aliphatic carbocycles. The zero-order valence-electron chi connectivity index (χ0n) is 15.4. The Morgan fingerprint density at radius 2 is 1.96 bits per heavy atom. The average Bonchev–Trinajstić information content (AvgIpc) is 3.12. The molecule has 1 heterocycles. The summed E-state index contributed by atoms with van der Waals surface area (Å²) in [4.78, 5) is 12.4. The highest BCUT2D eigenvalue weighted by molar-refractivity contribution is 7.98. The van der Waals surface area contributed by atoms with Crippen LogP contribution in [0.15, 0.2) is 53.9 Å². The molecule has 1 N–H and O–H groups in total. The summed E-state index contributed by atoms with van der Waals surface area (Å²) in [6.45, 7) is 6.11. The van der Waals surface area contributed by atoms with Crippen molar-refractivity contribution in [3.8, 4) is 0 Å². The van der Waals surface area contributed by atoms with Gasteiger partial charge in [-0.1, -0.05) is 35.5 Å². The SMILES string of the molecule is Cc1cc(NC(=O)c2ccc(CSc3nncn3C(C)C)cc2)ccc1Cl. The third-order valence-corrected chi connectivity index (χ3v) is 5.55. The third-order valence-electron chi connectivity index (χ3n) is 4.10. The number of carbonyl (C=O) groups excluding carboxylic acids is 1. The van der Waals surface area contributed by atoms with Crippen LogP contribution in [0.2, 0.25) is 5.02 Å². The smallest absolute Gasteiger partial charge is 0.255 e. The summed E-state index contributed by atoms with van der Waals surface area (Å²) in [6, 6.07) is 13.4. The van der Waals surface area contributed by atoms with E-state index < -0.39 is 0 Å². The molecule has 0 saturated carbocycles. The van der Waals surface area contributed by atoms with Crippen molar-refractivity contribution in [1.29, 1.82) is 0 Å². The van der Waals surface area contributed by atoms with E-state index in [-0.39, 0.29) is 5.91 Å². The number of aryl methyl sites for hydroxylation is 1. The van der Waals surface area contributed by atoms with Crippen LogP contribution >= 0.6 is 23.4 Å². The molecule has 27 heavy (non-hydrogen) atoms. The quantitative estimate of drug-likeness (QED) is 0.565. The Hall–Kier alpha value is -2.31. The standard InChI is InChI=1S/C20H21ClN4OS/c1-13(2)25-12-22-24-20(25)27-11-15-4-6-16(7-5-15)19(26)23-17-8-9-18(21)14(3)10-17/h4-10,12-13H,11H2,1-3H3,(H,23,26). The molecule has 0 aliphatic heterocycles. The number of rotatable bonds is 6. The number of aromatic nitrogens is 3. The molecule has 3 aromatic rings. The lowest BCUT2D eigenvalue weighted by Crippen LogP contribution is -2.11. The van der Waals surface area contributed by atoms with E-state index in [0.717, 1.165) is 27.7 Å². The maximum absolute atomic E-state index is 12.4. The van der Waals surface area contributed by atoms with E-state index in [1.165, 1.54) is 0 Å². The predicted octanol–water partition coefficient (Wildman–Crippen LogP) is 5.37. The minimum Gasteiger partial charge on any atom is -0.322 e. The lowest BCUT2D eigenvalue weighted by atomic mass is 10.1. The van der Waals surface area contributed by atoms with Crippen molar-refractivity contribution in [2.45, 2.75) is 37.7 Å². The van der Waals surface area contributed by atoms with Gasteiger partial charge in [0, 0.05) is 28.1 Å². The number of nitrogens with zero attached hydrogens (tertiary/aromatic N) is 3. The Morgan fingerprint density at radius 1 is 1.22 bits per heavy atom. The summed E-state index contributed by atoms with van der Waals surface area (Å²) in [6.07, 6.45) is 1.75. The van der Waals surface area contributed by atoms with Gasteiger partial charge in [-0.05, 0) is 62.2 Å². The lowest BCUT2D eigenvalue weighted by Gasteiger charge is -2.10. The fraction of sp³-hybridized carbons (Fsp3) is 0.250. The van der Waals surface area contributed by atoms with Gasteiger partial charge in [0.2, 0.25) is 0 Å². The van der Waals surface area contributed by atoms with Gasteiger partial charge in [0.25, 0.3) is 5.91 Å². The molecule has 1 amide bonds. The summed E-state index contributed by atoms with van der Waals surface area (Å²) in [5, 5.41) is 12.6. The molecular weight excluding hydrogens is 380 g/mol. The first-order chi connectivity index (χ1) is 12.9. The molecule has 5 nitrogen and oxygen atoms in total. The Kier molecular flexibility index (Phi) is 6.19. The van der Waals surface area contributed by atoms with E-state index in [4.69, 9.17) is 11.6 Å². The third kappa shape index (κ3) is 4.90. The molecule has 0 bridgehead atoms. The van der Waals surface area contributed by atoms with E-state index in [1.807, 2.05) is 41.8 Å². The van der Waals surface area contributed by atoms with Crippen LogP contribution in [0, 0.1) is 6.92 Å².